The van der Waals surface area contributed by atoms with Crippen molar-refractivity contribution < 1.29 is 18.7 Å². The van der Waals surface area contributed by atoms with Crippen LogP contribution in [0.15, 0.2) is 65.5 Å². The second-order valence-electron chi connectivity index (χ2n) is 6.83. The van der Waals surface area contributed by atoms with Crippen LogP contribution in [0.4, 0.5) is 5.69 Å². The van der Waals surface area contributed by atoms with Crippen molar-refractivity contribution in [3.63, 3.8) is 0 Å². The number of amides is 2. The molecule has 1 aromatic carbocycles. The summed E-state index contributed by atoms with van der Waals surface area (Å²) in [6.07, 6.45) is 3.15. The quantitative estimate of drug-likeness (QED) is 0.562. The second-order valence-corrected chi connectivity index (χ2v) is 6.83. The van der Waals surface area contributed by atoms with E-state index in [1.54, 1.807) is 48.4 Å². The van der Waals surface area contributed by atoms with Crippen molar-refractivity contribution in [3.05, 3.63) is 66.9 Å². The minimum absolute atomic E-state index is 0.0135. The largest absolute Gasteiger partial charge is 0.489 e. The van der Waals surface area contributed by atoms with Gasteiger partial charge in [0.2, 0.25) is 5.82 Å². The average Bonchev–Trinajstić information content (AvgIpc) is 3.43. The lowest BCUT2D eigenvalue weighted by molar-refractivity contribution is -0.120. The highest BCUT2D eigenvalue weighted by molar-refractivity contribution is 6.02. The van der Waals surface area contributed by atoms with E-state index in [4.69, 9.17) is 9.15 Å². The fraction of sp³-hybridized carbons (Fsp3) is 0.143. The van der Waals surface area contributed by atoms with Crippen molar-refractivity contribution in [2.75, 3.05) is 18.6 Å². The van der Waals surface area contributed by atoms with Crippen LogP contribution in [0.3, 0.4) is 0 Å². The first-order valence-corrected chi connectivity index (χ1v) is 9.30. The molecular formula is C21H17N5O4. The Labute approximate surface area is 170 Å². The average molecular weight is 403 g/mol. The fourth-order valence-corrected chi connectivity index (χ4v) is 3.41. The normalized spacial score (nSPS) is 16.1. The predicted octanol–water partition coefficient (Wildman–Crippen LogP) is 2.14. The molecule has 0 bridgehead atoms. The standard InChI is InChI=1S/C21H17N5O4/c1-25-16-5-2-3-7-17(16)30-12-14(21(25)28)22-20(27)19-23-18-8-4-6-15(26(18)24-19)13-9-10-29-11-13/h2-11,14H,12H2,1H3,(H,22,27). The third kappa shape index (κ3) is 2.96. The van der Waals surface area contributed by atoms with Crippen LogP contribution in [0.1, 0.15) is 10.6 Å². The van der Waals surface area contributed by atoms with Gasteiger partial charge in [-0.1, -0.05) is 18.2 Å². The lowest BCUT2D eigenvalue weighted by atomic mass is 10.2. The number of carbonyl (C=O) groups is 2. The van der Waals surface area contributed by atoms with E-state index in [9.17, 15) is 9.59 Å². The number of likely N-dealkylation sites (N-methyl/N-ethyl adjacent to an activating group) is 1. The minimum Gasteiger partial charge on any atom is -0.489 e. The highest BCUT2D eigenvalue weighted by atomic mass is 16.5. The van der Waals surface area contributed by atoms with Crippen molar-refractivity contribution in [1.29, 1.82) is 0 Å². The van der Waals surface area contributed by atoms with Crippen molar-refractivity contribution >= 4 is 23.1 Å². The molecular weight excluding hydrogens is 386 g/mol. The monoisotopic (exact) mass is 403 g/mol. The number of nitrogens with one attached hydrogen (secondary N) is 1. The zero-order valence-electron chi connectivity index (χ0n) is 16.0. The first kappa shape index (κ1) is 17.9. The molecule has 0 spiro atoms. The van der Waals surface area contributed by atoms with Gasteiger partial charge in [0.25, 0.3) is 11.8 Å². The third-order valence-electron chi connectivity index (χ3n) is 4.95. The van der Waals surface area contributed by atoms with Gasteiger partial charge in [0.1, 0.15) is 18.4 Å². The van der Waals surface area contributed by atoms with Gasteiger partial charge in [-0.2, -0.15) is 0 Å². The molecule has 0 saturated heterocycles. The van der Waals surface area contributed by atoms with Crippen molar-refractivity contribution in [3.8, 4) is 17.0 Å². The lowest BCUT2D eigenvalue weighted by Gasteiger charge is -2.19. The van der Waals surface area contributed by atoms with Gasteiger partial charge >= 0.3 is 0 Å². The number of rotatable bonds is 3. The number of hydrogen-bond donors (Lipinski definition) is 1. The number of benzene rings is 1. The predicted molar refractivity (Wildman–Crippen MR) is 107 cm³/mol. The Balaban J connectivity index is 1.41. The number of anilines is 1. The van der Waals surface area contributed by atoms with Gasteiger partial charge < -0.3 is 19.4 Å². The summed E-state index contributed by atoms with van der Waals surface area (Å²) in [7, 11) is 1.65. The highest BCUT2D eigenvalue weighted by Crippen LogP contribution is 2.29. The smallest absolute Gasteiger partial charge is 0.291 e. The van der Waals surface area contributed by atoms with E-state index >= 15 is 0 Å². The van der Waals surface area contributed by atoms with Crippen LogP contribution in [0.25, 0.3) is 16.9 Å². The molecule has 0 radical (unpaired) electrons. The topological polar surface area (TPSA) is 102 Å². The van der Waals surface area contributed by atoms with Crippen LogP contribution in [-0.4, -0.2) is 46.1 Å². The molecule has 9 nitrogen and oxygen atoms in total. The molecule has 0 saturated carbocycles. The Morgan fingerprint density at radius 3 is 2.87 bits per heavy atom. The maximum atomic E-state index is 12.8. The molecule has 30 heavy (non-hydrogen) atoms. The van der Waals surface area contributed by atoms with Gasteiger partial charge in [0, 0.05) is 12.6 Å². The number of furan rings is 1. The van der Waals surface area contributed by atoms with Gasteiger partial charge in [0.15, 0.2) is 5.65 Å². The molecule has 1 unspecified atom stereocenters. The summed E-state index contributed by atoms with van der Waals surface area (Å²) in [6, 6.07) is 13.6. The summed E-state index contributed by atoms with van der Waals surface area (Å²) < 4.78 is 12.4. The molecule has 0 aliphatic carbocycles. The van der Waals surface area contributed by atoms with Crippen molar-refractivity contribution in [2.45, 2.75) is 6.04 Å². The number of para-hydroxylation sites is 2. The van der Waals surface area contributed by atoms with E-state index < -0.39 is 11.9 Å². The summed E-state index contributed by atoms with van der Waals surface area (Å²) in [5, 5.41) is 7.02. The fourth-order valence-electron chi connectivity index (χ4n) is 3.41. The number of fused-ring (bicyclic) bond motifs is 2. The Kier molecular flexibility index (Phi) is 4.20. The Bertz CT molecular complexity index is 1250. The van der Waals surface area contributed by atoms with Crippen LogP contribution in [0, 0.1) is 0 Å². The summed E-state index contributed by atoms with van der Waals surface area (Å²) in [6.45, 7) is 0.0135. The van der Waals surface area contributed by atoms with Gasteiger partial charge in [-0.05, 0) is 30.3 Å². The van der Waals surface area contributed by atoms with Crippen molar-refractivity contribution in [2.24, 2.45) is 0 Å². The molecule has 150 valence electrons. The Morgan fingerprint density at radius 2 is 2.03 bits per heavy atom. The molecule has 1 aliphatic heterocycles. The molecule has 0 fully saturated rings. The van der Waals surface area contributed by atoms with Crippen LogP contribution < -0.4 is 15.0 Å². The van der Waals surface area contributed by atoms with E-state index in [0.717, 1.165) is 11.3 Å². The maximum Gasteiger partial charge on any atom is 0.291 e. The zero-order valence-corrected chi connectivity index (χ0v) is 16.0. The number of pyridine rings is 1. The molecule has 5 rings (SSSR count). The number of aromatic nitrogens is 3. The van der Waals surface area contributed by atoms with E-state index in [0.29, 0.717) is 17.1 Å². The molecule has 3 aromatic heterocycles. The Hall–Kier alpha value is -4.14. The number of ether oxygens (including phenoxy) is 1. The molecule has 1 aliphatic rings. The molecule has 4 aromatic rings. The van der Waals surface area contributed by atoms with Gasteiger partial charge in [-0.15, -0.1) is 5.10 Å². The molecule has 1 N–H and O–H groups in total. The lowest BCUT2D eigenvalue weighted by Crippen LogP contribution is -2.49. The first-order valence-electron chi connectivity index (χ1n) is 9.30. The van der Waals surface area contributed by atoms with Crippen LogP contribution in [0.5, 0.6) is 5.75 Å². The van der Waals surface area contributed by atoms with E-state index in [2.05, 4.69) is 15.4 Å². The van der Waals surface area contributed by atoms with E-state index in [-0.39, 0.29) is 18.3 Å². The maximum absolute atomic E-state index is 12.8. The highest BCUT2D eigenvalue weighted by Gasteiger charge is 2.31. The van der Waals surface area contributed by atoms with Crippen LogP contribution >= 0.6 is 0 Å². The van der Waals surface area contributed by atoms with E-state index in [1.807, 2.05) is 24.3 Å². The van der Waals surface area contributed by atoms with Crippen molar-refractivity contribution in [1.82, 2.24) is 19.9 Å². The van der Waals surface area contributed by atoms with E-state index in [1.165, 1.54) is 4.90 Å². The summed E-state index contributed by atoms with van der Waals surface area (Å²) in [5.74, 6) is -0.293. The molecule has 1 atom stereocenters. The molecule has 9 heteroatoms. The molecule has 4 heterocycles. The minimum atomic E-state index is -0.866. The Morgan fingerprint density at radius 1 is 1.17 bits per heavy atom. The summed E-state index contributed by atoms with van der Waals surface area (Å²) in [4.78, 5) is 31.4. The van der Waals surface area contributed by atoms with Crippen LogP contribution in [-0.2, 0) is 4.79 Å². The van der Waals surface area contributed by atoms with Crippen LogP contribution in [0.2, 0.25) is 0 Å². The van der Waals surface area contributed by atoms with Gasteiger partial charge in [0.05, 0.1) is 23.9 Å². The summed E-state index contributed by atoms with van der Waals surface area (Å²) >= 11 is 0. The van der Waals surface area contributed by atoms with Gasteiger partial charge in [-0.3, -0.25) is 9.59 Å². The molecule has 2 amide bonds. The number of hydrogen-bond acceptors (Lipinski definition) is 6. The zero-order chi connectivity index (χ0) is 20.7. The summed E-state index contributed by atoms with van der Waals surface area (Å²) in [5.41, 5.74) is 2.70. The SMILES string of the molecule is CN1C(=O)C(NC(=O)c2nc3cccc(-c4ccoc4)n3n2)COc2ccccc21. The number of nitrogens with zero attached hydrogens (tertiary/aromatic N) is 4. The van der Waals surface area contributed by atoms with Gasteiger partial charge in [-0.25, -0.2) is 9.50 Å². The third-order valence-corrected chi connectivity index (χ3v) is 4.95. The first-order chi connectivity index (χ1) is 14.6. The number of carbonyl (C=O) groups excluding carboxylic acids is 2. The second kappa shape index (κ2) is 7.03.